The summed E-state index contributed by atoms with van der Waals surface area (Å²) in [4.78, 5) is 0.681. The van der Waals surface area contributed by atoms with Crippen molar-refractivity contribution in [1.29, 1.82) is 0 Å². The van der Waals surface area contributed by atoms with Crippen LogP contribution in [0.15, 0.2) is 41.4 Å². The molecule has 2 N–H and O–H groups in total. The first-order valence-corrected chi connectivity index (χ1v) is 7.70. The number of aromatic nitrogens is 2. The van der Waals surface area contributed by atoms with Gasteiger partial charge in [-0.2, -0.15) is 5.10 Å². The van der Waals surface area contributed by atoms with Crippen LogP contribution in [-0.4, -0.2) is 14.0 Å². The molecule has 2 atom stereocenters. The van der Waals surface area contributed by atoms with Crippen molar-refractivity contribution in [3.05, 3.63) is 42.2 Å². The molecule has 0 aliphatic heterocycles. The van der Waals surface area contributed by atoms with E-state index in [2.05, 4.69) is 18.9 Å². The second kappa shape index (κ2) is 6.02. The Balaban J connectivity index is 2.11. The van der Waals surface area contributed by atoms with E-state index >= 15 is 0 Å². The molecule has 19 heavy (non-hydrogen) atoms. The number of nitrogens with zero attached hydrogens (tertiary/aromatic N) is 2. The quantitative estimate of drug-likeness (QED) is 0.855. The zero-order chi connectivity index (χ0) is 13.8. The lowest BCUT2D eigenvalue weighted by Gasteiger charge is -2.08. The number of nitrogen functional groups attached to an aromatic ring is 1. The van der Waals surface area contributed by atoms with Crippen LogP contribution < -0.4 is 5.73 Å². The number of benzene rings is 1. The summed E-state index contributed by atoms with van der Waals surface area (Å²) in [5.74, 6) is 0.400. The predicted molar refractivity (Wildman–Crippen MR) is 78.2 cm³/mol. The molecule has 1 aromatic carbocycles. The van der Waals surface area contributed by atoms with Crippen LogP contribution in [0.25, 0.3) is 0 Å². The molecule has 0 amide bonds. The smallest absolute Gasteiger partial charge is 0.0753 e. The summed E-state index contributed by atoms with van der Waals surface area (Å²) < 4.78 is 14.2. The molecule has 1 heterocycles. The van der Waals surface area contributed by atoms with Crippen molar-refractivity contribution in [1.82, 2.24) is 9.78 Å². The molecule has 2 unspecified atom stereocenters. The SMILES string of the molecule is CCC(C)n1ccc(CS(=O)c2ccccc2N)n1. The lowest BCUT2D eigenvalue weighted by atomic mass is 10.3. The molecule has 0 saturated carbocycles. The van der Waals surface area contributed by atoms with Crippen molar-refractivity contribution >= 4 is 16.5 Å². The van der Waals surface area contributed by atoms with Gasteiger partial charge >= 0.3 is 0 Å². The van der Waals surface area contributed by atoms with Crippen LogP contribution in [0.3, 0.4) is 0 Å². The van der Waals surface area contributed by atoms with Gasteiger partial charge in [-0.05, 0) is 31.5 Å². The fourth-order valence-electron chi connectivity index (χ4n) is 1.79. The van der Waals surface area contributed by atoms with Gasteiger partial charge in [-0.15, -0.1) is 0 Å². The molecule has 4 nitrogen and oxygen atoms in total. The van der Waals surface area contributed by atoms with Gasteiger partial charge in [0.25, 0.3) is 0 Å². The van der Waals surface area contributed by atoms with E-state index in [1.165, 1.54) is 0 Å². The summed E-state index contributed by atoms with van der Waals surface area (Å²) >= 11 is 0. The first-order chi connectivity index (χ1) is 9.11. The van der Waals surface area contributed by atoms with E-state index in [0.717, 1.165) is 12.1 Å². The monoisotopic (exact) mass is 277 g/mol. The van der Waals surface area contributed by atoms with Crippen LogP contribution in [0.5, 0.6) is 0 Å². The molecule has 5 heteroatoms. The van der Waals surface area contributed by atoms with Gasteiger partial charge in [0.2, 0.25) is 0 Å². The van der Waals surface area contributed by atoms with E-state index in [9.17, 15) is 4.21 Å². The molecule has 0 fully saturated rings. The topological polar surface area (TPSA) is 60.9 Å². The van der Waals surface area contributed by atoms with E-state index in [4.69, 9.17) is 5.73 Å². The zero-order valence-electron chi connectivity index (χ0n) is 11.2. The van der Waals surface area contributed by atoms with E-state index in [1.807, 2.05) is 29.1 Å². The third-order valence-corrected chi connectivity index (χ3v) is 4.57. The Kier molecular flexibility index (Phi) is 4.37. The van der Waals surface area contributed by atoms with Crippen LogP contribution in [0.2, 0.25) is 0 Å². The number of hydrogen-bond acceptors (Lipinski definition) is 3. The third kappa shape index (κ3) is 3.23. The number of para-hydroxylation sites is 1. The van der Waals surface area contributed by atoms with Crippen LogP contribution >= 0.6 is 0 Å². The summed E-state index contributed by atoms with van der Waals surface area (Å²) in [5, 5.41) is 4.46. The lowest BCUT2D eigenvalue weighted by Crippen LogP contribution is -2.06. The first kappa shape index (κ1) is 13.8. The average Bonchev–Trinajstić information content (AvgIpc) is 2.86. The van der Waals surface area contributed by atoms with E-state index in [0.29, 0.717) is 22.4 Å². The largest absolute Gasteiger partial charge is 0.398 e. The lowest BCUT2D eigenvalue weighted by molar-refractivity contribution is 0.475. The van der Waals surface area contributed by atoms with Gasteiger partial charge in [0.05, 0.1) is 27.1 Å². The molecule has 0 aliphatic carbocycles. The number of anilines is 1. The summed E-state index contributed by atoms with van der Waals surface area (Å²) in [7, 11) is -1.15. The molecular formula is C14H19N3OS. The highest BCUT2D eigenvalue weighted by atomic mass is 32.2. The zero-order valence-corrected chi connectivity index (χ0v) is 12.1. The standard InChI is InChI=1S/C14H19N3OS/c1-3-11(2)17-9-8-12(16-17)10-19(18)14-7-5-4-6-13(14)15/h4-9,11H,3,10,15H2,1-2H3. The first-order valence-electron chi connectivity index (χ1n) is 6.38. The number of nitrogens with two attached hydrogens (primary N) is 1. The van der Waals surface area contributed by atoms with Crippen LogP contribution in [0, 0.1) is 0 Å². The van der Waals surface area contributed by atoms with Crippen LogP contribution in [-0.2, 0) is 16.6 Å². The van der Waals surface area contributed by atoms with Crippen molar-refractivity contribution in [3.63, 3.8) is 0 Å². The second-order valence-electron chi connectivity index (χ2n) is 4.57. The molecular weight excluding hydrogens is 258 g/mol. The fourth-order valence-corrected chi connectivity index (χ4v) is 2.93. The Morgan fingerprint density at radius 3 is 2.79 bits per heavy atom. The number of hydrogen-bond donors (Lipinski definition) is 1. The van der Waals surface area contributed by atoms with Gasteiger partial charge in [-0.3, -0.25) is 8.89 Å². The molecule has 0 bridgehead atoms. The average molecular weight is 277 g/mol. The molecule has 0 saturated heterocycles. The summed E-state index contributed by atoms with van der Waals surface area (Å²) in [5.41, 5.74) is 7.24. The molecule has 102 valence electrons. The highest BCUT2D eigenvalue weighted by Gasteiger charge is 2.11. The summed E-state index contributed by atoms with van der Waals surface area (Å²) in [6, 6.07) is 9.55. The molecule has 2 rings (SSSR count). The van der Waals surface area contributed by atoms with E-state index < -0.39 is 10.8 Å². The Labute approximate surface area is 116 Å². The predicted octanol–water partition coefficient (Wildman–Crippen LogP) is 2.74. The van der Waals surface area contributed by atoms with Gasteiger partial charge in [-0.25, -0.2) is 0 Å². The van der Waals surface area contributed by atoms with Crippen molar-refractivity contribution < 1.29 is 4.21 Å². The van der Waals surface area contributed by atoms with Gasteiger partial charge in [0.15, 0.2) is 0 Å². The minimum Gasteiger partial charge on any atom is -0.398 e. The maximum Gasteiger partial charge on any atom is 0.0753 e. The number of rotatable bonds is 5. The van der Waals surface area contributed by atoms with Crippen molar-refractivity contribution in [2.24, 2.45) is 0 Å². The fraction of sp³-hybridized carbons (Fsp3) is 0.357. The van der Waals surface area contributed by atoms with E-state index in [1.54, 1.807) is 12.1 Å². The third-order valence-electron chi connectivity index (χ3n) is 3.15. The van der Waals surface area contributed by atoms with Crippen molar-refractivity contribution in [3.8, 4) is 0 Å². The Morgan fingerprint density at radius 1 is 1.37 bits per heavy atom. The molecule has 0 radical (unpaired) electrons. The van der Waals surface area contributed by atoms with Crippen molar-refractivity contribution in [2.45, 2.75) is 37.0 Å². The van der Waals surface area contributed by atoms with Gasteiger partial charge in [0.1, 0.15) is 0 Å². The molecule has 1 aromatic heterocycles. The maximum atomic E-state index is 12.3. The molecule has 0 aliphatic rings. The summed E-state index contributed by atoms with van der Waals surface area (Å²) in [6.45, 7) is 4.23. The Bertz CT molecular complexity index is 580. The Hall–Kier alpha value is -1.62. The van der Waals surface area contributed by atoms with Gasteiger partial charge in [0, 0.05) is 17.9 Å². The maximum absolute atomic E-state index is 12.3. The van der Waals surface area contributed by atoms with E-state index in [-0.39, 0.29) is 0 Å². The van der Waals surface area contributed by atoms with Crippen molar-refractivity contribution in [2.75, 3.05) is 5.73 Å². The second-order valence-corrected chi connectivity index (χ2v) is 5.99. The van der Waals surface area contributed by atoms with Gasteiger partial charge in [-0.1, -0.05) is 19.1 Å². The highest BCUT2D eigenvalue weighted by Crippen LogP contribution is 2.18. The van der Waals surface area contributed by atoms with Crippen LogP contribution in [0.4, 0.5) is 5.69 Å². The highest BCUT2D eigenvalue weighted by molar-refractivity contribution is 7.84. The minimum absolute atomic E-state index is 0.365. The normalized spacial score (nSPS) is 14.2. The van der Waals surface area contributed by atoms with Gasteiger partial charge < -0.3 is 5.73 Å². The minimum atomic E-state index is -1.15. The molecule has 2 aromatic rings. The molecule has 0 spiro atoms. The summed E-state index contributed by atoms with van der Waals surface area (Å²) in [6.07, 6.45) is 2.96. The van der Waals surface area contributed by atoms with Crippen LogP contribution in [0.1, 0.15) is 32.0 Å². The Morgan fingerprint density at radius 2 is 2.11 bits per heavy atom.